The highest BCUT2D eigenvalue weighted by Crippen LogP contribution is 2.16. The summed E-state index contributed by atoms with van der Waals surface area (Å²) in [5.41, 5.74) is 1.64. The Morgan fingerprint density at radius 1 is 1.07 bits per heavy atom. The highest BCUT2D eigenvalue weighted by Gasteiger charge is 2.37. The van der Waals surface area contributed by atoms with Crippen molar-refractivity contribution < 1.29 is 19.1 Å². The number of imide groups is 1. The molecule has 0 unspecified atom stereocenters. The highest BCUT2D eigenvalue weighted by atomic mass is 16.6. The summed E-state index contributed by atoms with van der Waals surface area (Å²) in [6.07, 6.45) is 2.70. The normalized spacial score (nSPS) is 16.9. The Morgan fingerprint density at radius 3 is 2.29 bits per heavy atom. The number of nitrogens with one attached hydrogen (secondary N) is 1. The van der Waals surface area contributed by atoms with E-state index in [-0.39, 0.29) is 13.0 Å². The Labute approximate surface area is 164 Å². The van der Waals surface area contributed by atoms with Crippen molar-refractivity contribution in [2.45, 2.75) is 38.0 Å². The Morgan fingerprint density at radius 2 is 1.71 bits per heavy atom. The van der Waals surface area contributed by atoms with Gasteiger partial charge in [-0.25, -0.2) is 9.69 Å². The van der Waals surface area contributed by atoms with Crippen LogP contribution in [0.5, 0.6) is 0 Å². The van der Waals surface area contributed by atoms with E-state index in [0.29, 0.717) is 13.0 Å². The predicted molar refractivity (Wildman–Crippen MR) is 104 cm³/mol. The van der Waals surface area contributed by atoms with Crippen LogP contribution in [-0.4, -0.2) is 41.8 Å². The van der Waals surface area contributed by atoms with Gasteiger partial charge < -0.3 is 10.1 Å². The van der Waals surface area contributed by atoms with Crippen molar-refractivity contribution in [1.82, 2.24) is 10.2 Å². The predicted octanol–water partition coefficient (Wildman–Crippen LogP) is 2.62. The van der Waals surface area contributed by atoms with Crippen LogP contribution >= 0.6 is 0 Å². The maximum absolute atomic E-state index is 13.0. The van der Waals surface area contributed by atoms with Gasteiger partial charge in [-0.15, -0.1) is 0 Å². The molecule has 2 aromatic carbocycles. The molecule has 1 aliphatic heterocycles. The van der Waals surface area contributed by atoms with Gasteiger partial charge >= 0.3 is 6.09 Å². The zero-order valence-corrected chi connectivity index (χ0v) is 15.5. The molecule has 2 atom stereocenters. The smallest absolute Gasteiger partial charge is 0.417 e. The quantitative estimate of drug-likeness (QED) is 0.800. The summed E-state index contributed by atoms with van der Waals surface area (Å²) in [7, 11) is 0. The van der Waals surface area contributed by atoms with Gasteiger partial charge in [0.2, 0.25) is 12.2 Å². The molecular weight excluding hydrogens is 356 g/mol. The van der Waals surface area contributed by atoms with Crippen LogP contribution in [0.25, 0.3) is 0 Å². The number of hydrogen-bond donors (Lipinski definition) is 1. The van der Waals surface area contributed by atoms with E-state index < -0.39 is 24.1 Å². The van der Waals surface area contributed by atoms with Gasteiger partial charge in [-0.2, -0.15) is 0 Å². The molecule has 28 heavy (non-hydrogen) atoms. The fourth-order valence-corrected chi connectivity index (χ4v) is 3.25. The Kier molecular flexibility index (Phi) is 6.92. The number of benzene rings is 2. The van der Waals surface area contributed by atoms with Crippen LogP contribution in [0.3, 0.4) is 0 Å². The van der Waals surface area contributed by atoms with Crippen molar-refractivity contribution >= 4 is 18.3 Å². The third-order valence-corrected chi connectivity index (χ3v) is 4.72. The second-order valence-electron chi connectivity index (χ2n) is 6.72. The third kappa shape index (κ3) is 5.04. The molecule has 0 aliphatic carbocycles. The molecule has 1 saturated heterocycles. The number of hydrogen-bond acceptors (Lipinski definition) is 5. The Balaban J connectivity index is 1.77. The van der Waals surface area contributed by atoms with Crippen LogP contribution in [0.1, 0.15) is 24.0 Å². The van der Waals surface area contributed by atoms with Crippen LogP contribution in [-0.2, 0) is 27.4 Å². The van der Waals surface area contributed by atoms with Gasteiger partial charge in [-0.05, 0) is 30.5 Å². The van der Waals surface area contributed by atoms with Crippen LogP contribution in [0.2, 0.25) is 0 Å². The molecule has 2 aromatic rings. The maximum Gasteiger partial charge on any atom is 0.417 e. The summed E-state index contributed by atoms with van der Waals surface area (Å²) < 4.78 is 5.35. The molecule has 1 fully saturated rings. The van der Waals surface area contributed by atoms with E-state index in [4.69, 9.17) is 4.74 Å². The monoisotopic (exact) mass is 379 g/mol. The summed E-state index contributed by atoms with van der Waals surface area (Å²) in [4.78, 5) is 38.4. The minimum absolute atomic E-state index is 0.0263. The SMILES string of the molecule is O=[C][C@H](Cc1ccccc1)N(C(=O)OCc1ccccc1)C(=O)[C@@H]1CCCN1. The lowest BCUT2D eigenvalue weighted by Crippen LogP contribution is -2.53. The van der Waals surface area contributed by atoms with Gasteiger partial charge in [0.1, 0.15) is 12.6 Å². The molecule has 1 N–H and O–H groups in total. The topological polar surface area (TPSA) is 75.7 Å². The van der Waals surface area contributed by atoms with Crippen molar-refractivity contribution in [2.75, 3.05) is 6.54 Å². The molecule has 145 valence electrons. The van der Waals surface area contributed by atoms with E-state index in [1.54, 1.807) is 0 Å². The van der Waals surface area contributed by atoms with E-state index in [9.17, 15) is 14.4 Å². The Hall–Kier alpha value is -2.99. The molecule has 6 nitrogen and oxygen atoms in total. The van der Waals surface area contributed by atoms with E-state index in [1.807, 2.05) is 66.9 Å². The van der Waals surface area contributed by atoms with Crippen molar-refractivity contribution in [3.8, 4) is 0 Å². The number of rotatable bonds is 7. The Bertz CT molecular complexity index is 789. The second kappa shape index (κ2) is 9.80. The zero-order valence-electron chi connectivity index (χ0n) is 15.5. The van der Waals surface area contributed by atoms with Gasteiger partial charge in [0.15, 0.2) is 0 Å². The van der Waals surface area contributed by atoms with Crippen molar-refractivity contribution in [2.24, 2.45) is 0 Å². The third-order valence-electron chi connectivity index (χ3n) is 4.72. The fraction of sp³-hybridized carbons (Fsp3) is 0.318. The number of amides is 2. The largest absolute Gasteiger partial charge is 0.444 e. The molecule has 0 bridgehead atoms. The zero-order chi connectivity index (χ0) is 19.8. The first-order valence-corrected chi connectivity index (χ1v) is 9.38. The summed E-state index contributed by atoms with van der Waals surface area (Å²) >= 11 is 0. The van der Waals surface area contributed by atoms with Crippen molar-refractivity contribution in [3.63, 3.8) is 0 Å². The van der Waals surface area contributed by atoms with Crippen LogP contribution in [0, 0.1) is 0 Å². The first kappa shape index (κ1) is 19.8. The van der Waals surface area contributed by atoms with Crippen molar-refractivity contribution in [3.05, 3.63) is 71.8 Å². The van der Waals surface area contributed by atoms with Gasteiger partial charge in [-0.1, -0.05) is 60.7 Å². The minimum atomic E-state index is -1.04. The maximum atomic E-state index is 13.0. The summed E-state index contributed by atoms with van der Waals surface area (Å²) in [5.74, 6) is -0.445. The molecule has 1 heterocycles. The first-order chi connectivity index (χ1) is 13.7. The lowest BCUT2D eigenvalue weighted by molar-refractivity contribution is -0.132. The lowest BCUT2D eigenvalue weighted by Gasteiger charge is -2.27. The highest BCUT2D eigenvalue weighted by molar-refractivity contribution is 5.97. The molecule has 0 saturated carbocycles. The number of carbonyl (C=O) groups excluding carboxylic acids is 3. The summed E-state index contributed by atoms with van der Waals surface area (Å²) in [6, 6.07) is 16.9. The van der Waals surface area contributed by atoms with Gasteiger partial charge in [0.05, 0.1) is 6.04 Å². The van der Waals surface area contributed by atoms with Gasteiger partial charge in [0.25, 0.3) is 0 Å². The molecule has 3 rings (SSSR count). The molecule has 0 spiro atoms. The van der Waals surface area contributed by atoms with Crippen LogP contribution in [0.4, 0.5) is 4.79 Å². The molecule has 2 amide bonds. The average molecular weight is 379 g/mol. The molecule has 6 heteroatoms. The number of carbonyl (C=O) groups is 2. The summed E-state index contributed by atoms with van der Waals surface area (Å²) in [5, 5.41) is 3.08. The second-order valence-corrected chi connectivity index (χ2v) is 6.72. The van der Waals surface area contributed by atoms with E-state index in [2.05, 4.69) is 5.32 Å². The molecule has 1 radical (unpaired) electrons. The van der Waals surface area contributed by atoms with Gasteiger partial charge in [-0.3, -0.25) is 9.59 Å². The first-order valence-electron chi connectivity index (χ1n) is 9.38. The van der Waals surface area contributed by atoms with Crippen LogP contribution < -0.4 is 5.32 Å². The lowest BCUT2D eigenvalue weighted by atomic mass is 10.0. The average Bonchev–Trinajstić information content (AvgIpc) is 3.28. The van der Waals surface area contributed by atoms with E-state index in [1.165, 1.54) is 0 Å². The van der Waals surface area contributed by atoms with Crippen molar-refractivity contribution in [1.29, 1.82) is 0 Å². The molecule has 1 aliphatic rings. The standard InChI is InChI=1S/C22H23N2O4/c25-15-19(14-17-8-3-1-4-9-17)24(21(26)20-12-7-13-23-20)22(27)28-16-18-10-5-2-6-11-18/h1-6,8-11,19-20,23H,7,12-14,16H2/t19-,20-/m0/s1. The molecular formula is C22H23N2O4. The van der Waals surface area contributed by atoms with E-state index in [0.717, 1.165) is 22.4 Å². The number of nitrogens with zero attached hydrogens (tertiary/aromatic N) is 1. The fourth-order valence-electron chi connectivity index (χ4n) is 3.25. The number of ether oxygens (including phenoxy) is 1. The van der Waals surface area contributed by atoms with Gasteiger partial charge in [0, 0.05) is 6.42 Å². The van der Waals surface area contributed by atoms with Crippen LogP contribution in [0.15, 0.2) is 60.7 Å². The molecule has 0 aromatic heterocycles. The minimum Gasteiger partial charge on any atom is -0.444 e. The van der Waals surface area contributed by atoms with E-state index >= 15 is 0 Å². The summed E-state index contributed by atoms with van der Waals surface area (Å²) in [6.45, 7) is 0.732.